The molecule has 0 saturated heterocycles. The topological polar surface area (TPSA) is 40.5 Å². The number of phenolic OH excluding ortho intramolecular Hbond substituents is 2. The number of benzene rings is 2. The smallest absolute Gasteiger partial charge is 0.123 e. The van der Waals surface area contributed by atoms with Gasteiger partial charge in [-0.1, -0.05) is 38.1 Å². The molecule has 0 amide bonds. The van der Waals surface area contributed by atoms with Crippen LogP contribution >= 0.6 is 0 Å². The summed E-state index contributed by atoms with van der Waals surface area (Å²) < 4.78 is 0. The van der Waals surface area contributed by atoms with Crippen LogP contribution in [0.5, 0.6) is 11.5 Å². The Bertz CT molecular complexity index is 721. The Kier molecular flexibility index (Phi) is 3.19. The lowest BCUT2D eigenvalue weighted by Gasteiger charge is -2.29. The summed E-state index contributed by atoms with van der Waals surface area (Å²) >= 11 is 0. The van der Waals surface area contributed by atoms with Crippen molar-refractivity contribution in [3.63, 3.8) is 0 Å². The van der Waals surface area contributed by atoms with Crippen LogP contribution in [0, 0.1) is 0 Å². The van der Waals surface area contributed by atoms with Crippen LogP contribution in [0.1, 0.15) is 60.1 Å². The first-order valence-electron chi connectivity index (χ1n) is 8.80. The maximum absolute atomic E-state index is 10.9. The molecule has 2 heteroatoms. The monoisotopic (exact) mass is 308 g/mol. The van der Waals surface area contributed by atoms with Gasteiger partial charge in [0.1, 0.15) is 11.5 Å². The number of fused-ring (bicyclic) bond motifs is 4. The van der Waals surface area contributed by atoms with Gasteiger partial charge in [-0.15, -0.1) is 0 Å². The van der Waals surface area contributed by atoms with Crippen molar-refractivity contribution >= 4 is 0 Å². The van der Waals surface area contributed by atoms with E-state index < -0.39 is 0 Å². The lowest BCUT2D eigenvalue weighted by atomic mass is 9.74. The molecule has 0 radical (unpaired) electrons. The zero-order valence-electron chi connectivity index (χ0n) is 13.9. The fraction of sp³-hybridized carbons (Fsp3) is 0.429. The van der Waals surface area contributed by atoms with Crippen LogP contribution in [0.25, 0.3) is 0 Å². The second kappa shape index (κ2) is 5.02. The average molecular weight is 308 g/mol. The van der Waals surface area contributed by atoms with Crippen molar-refractivity contribution in [1.29, 1.82) is 0 Å². The first-order chi connectivity index (χ1) is 11.1. The Hall–Kier alpha value is -1.96. The standard InChI is InChI=1S/C21H24O2/c1-3-13-5-7-15-9-11-21(17(15)19(13)22)12-10-16-8-6-14(4-2)20(23)18(16)21/h5-8,22-23H,3-4,9-12H2,1-2H3. The molecule has 0 heterocycles. The molecule has 0 aromatic heterocycles. The molecule has 0 saturated carbocycles. The van der Waals surface area contributed by atoms with Gasteiger partial charge in [0, 0.05) is 16.5 Å². The highest BCUT2D eigenvalue weighted by molar-refractivity contribution is 5.64. The van der Waals surface area contributed by atoms with Gasteiger partial charge in [0.25, 0.3) is 0 Å². The second-order valence-corrected chi connectivity index (χ2v) is 7.00. The Balaban J connectivity index is 2.00. The van der Waals surface area contributed by atoms with E-state index in [1.54, 1.807) is 0 Å². The molecule has 0 fully saturated rings. The van der Waals surface area contributed by atoms with E-state index in [0.717, 1.165) is 60.8 Å². The SMILES string of the molecule is CCc1ccc2c(c1O)C1(CC2)CCc2ccc(CC)c(O)c21. The fourth-order valence-electron chi connectivity index (χ4n) is 4.85. The van der Waals surface area contributed by atoms with Gasteiger partial charge in [-0.2, -0.15) is 0 Å². The summed E-state index contributed by atoms with van der Waals surface area (Å²) in [7, 11) is 0. The Morgan fingerprint density at radius 2 is 1.22 bits per heavy atom. The van der Waals surface area contributed by atoms with Crippen molar-refractivity contribution in [2.75, 3.05) is 0 Å². The molecule has 2 aromatic rings. The third-order valence-corrected chi connectivity index (χ3v) is 6.06. The van der Waals surface area contributed by atoms with Crippen molar-refractivity contribution in [3.8, 4) is 11.5 Å². The average Bonchev–Trinajstić information content (AvgIpc) is 3.12. The van der Waals surface area contributed by atoms with Crippen molar-refractivity contribution in [3.05, 3.63) is 57.6 Å². The van der Waals surface area contributed by atoms with E-state index in [0.29, 0.717) is 11.5 Å². The lowest BCUT2D eigenvalue weighted by molar-refractivity contribution is 0.411. The third kappa shape index (κ3) is 1.81. The van der Waals surface area contributed by atoms with E-state index in [2.05, 4.69) is 38.1 Å². The number of hydrogen-bond donors (Lipinski definition) is 2. The number of hydrogen-bond acceptors (Lipinski definition) is 2. The largest absolute Gasteiger partial charge is 0.507 e. The Morgan fingerprint density at radius 1 is 0.783 bits per heavy atom. The second-order valence-electron chi connectivity index (χ2n) is 7.00. The Labute approximate surface area is 137 Å². The van der Waals surface area contributed by atoms with E-state index in [-0.39, 0.29) is 5.41 Å². The van der Waals surface area contributed by atoms with Gasteiger partial charge >= 0.3 is 0 Å². The van der Waals surface area contributed by atoms with Gasteiger partial charge < -0.3 is 10.2 Å². The van der Waals surface area contributed by atoms with E-state index in [1.807, 2.05) is 0 Å². The predicted octanol–water partition coefficient (Wildman–Crippen LogP) is 4.40. The molecule has 1 spiro atoms. The van der Waals surface area contributed by atoms with Gasteiger partial charge in [0.15, 0.2) is 0 Å². The molecular weight excluding hydrogens is 284 g/mol. The van der Waals surface area contributed by atoms with Crippen LogP contribution in [-0.2, 0) is 31.1 Å². The summed E-state index contributed by atoms with van der Waals surface area (Å²) in [4.78, 5) is 0. The number of phenols is 2. The van der Waals surface area contributed by atoms with Gasteiger partial charge in [-0.25, -0.2) is 0 Å². The molecule has 2 N–H and O–H groups in total. The highest BCUT2D eigenvalue weighted by Gasteiger charge is 2.48. The van der Waals surface area contributed by atoms with Crippen molar-refractivity contribution in [2.45, 2.75) is 57.8 Å². The molecule has 2 nitrogen and oxygen atoms in total. The first kappa shape index (κ1) is 14.6. The molecule has 0 bridgehead atoms. The van der Waals surface area contributed by atoms with E-state index >= 15 is 0 Å². The number of aryl methyl sites for hydroxylation is 4. The van der Waals surface area contributed by atoms with Crippen LogP contribution in [0.15, 0.2) is 24.3 Å². The van der Waals surface area contributed by atoms with E-state index in [1.165, 1.54) is 11.1 Å². The molecule has 2 aromatic carbocycles. The molecule has 120 valence electrons. The van der Waals surface area contributed by atoms with Crippen LogP contribution < -0.4 is 0 Å². The van der Waals surface area contributed by atoms with E-state index in [4.69, 9.17) is 0 Å². The van der Waals surface area contributed by atoms with Crippen molar-refractivity contribution in [2.24, 2.45) is 0 Å². The van der Waals surface area contributed by atoms with Crippen LogP contribution in [-0.4, -0.2) is 10.2 Å². The summed E-state index contributed by atoms with van der Waals surface area (Å²) in [5.74, 6) is 0.938. The van der Waals surface area contributed by atoms with Crippen LogP contribution in [0.4, 0.5) is 0 Å². The molecular formula is C21H24O2. The summed E-state index contributed by atoms with van der Waals surface area (Å²) in [6, 6.07) is 8.49. The maximum atomic E-state index is 10.9. The van der Waals surface area contributed by atoms with Crippen molar-refractivity contribution in [1.82, 2.24) is 0 Å². The van der Waals surface area contributed by atoms with E-state index in [9.17, 15) is 10.2 Å². The summed E-state index contributed by atoms with van der Waals surface area (Å²) in [5.41, 5.74) is 6.56. The zero-order valence-corrected chi connectivity index (χ0v) is 13.9. The molecule has 0 atom stereocenters. The quantitative estimate of drug-likeness (QED) is 0.863. The number of rotatable bonds is 2. The highest BCUT2D eigenvalue weighted by Crippen LogP contribution is 2.58. The molecule has 23 heavy (non-hydrogen) atoms. The third-order valence-electron chi connectivity index (χ3n) is 6.06. The Morgan fingerprint density at radius 3 is 1.61 bits per heavy atom. The fourth-order valence-corrected chi connectivity index (χ4v) is 4.85. The van der Waals surface area contributed by atoms with Gasteiger partial charge in [-0.05, 0) is 60.8 Å². The van der Waals surface area contributed by atoms with Crippen LogP contribution in [0.3, 0.4) is 0 Å². The van der Waals surface area contributed by atoms with Crippen LogP contribution in [0.2, 0.25) is 0 Å². The maximum Gasteiger partial charge on any atom is 0.123 e. The molecule has 0 aliphatic heterocycles. The minimum Gasteiger partial charge on any atom is -0.507 e. The highest BCUT2D eigenvalue weighted by atomic mass is 16.3. The predicted molar refractivity (Wildman–Crippen MR) is 92.4 cm³/mol. The van der Waals surface area contributed by atoms with Gasteiger partial charge in [-0.3, -0.25) is 0 Å². The molecule has 0 unspecified atom stereocenters. The molecule has 2 aliphatic carbocycles. The normalized spacial score (nSPS) is 17.5. The van der Waals surface area contributed by atoms with Gasteiger partial charge in [0.2, 0.25) is 0 Å². The summed E-state index contributed by atoms with van der Waals surface area (Å²) in [5, 5.41) is 21.8. The first-order valence-corrected chi connectivity index (χ1v) is 8.80. The lowest BCUT2D eigenvalue weighted by Crippen LogP contribution is -2.22. The zero-order chi connectivity index (χ0) is 16.2. The minimum atomic E-state index is -0.185. The minimum absolute atomic E-state index is 0.185. The number of aromatic hydroxyl groups is 2. The van der Waals surface area contributed by atoms with Gasteiger partial charge in [0.05, 0.1) is 0 Å². The molecule has 2 aliphatic rings. The summed E-state index contributed by atoms with van der Waals surface area (Å²) in [6.07, 6.45) is 5.64. The van der Waals surface area contributed by atoms with Crippen molar-refractivity contribution < 1.29 is 10.2 Å². The summed E-state index contributed by atoms with van der Waals surface area (Å²) in [6.45, 7) is 4.16. The molecule has 4 rings (SSSR count).